The van der Waals surface area contributed by atoms with Crippen molar-refractivity contribution in [2.24, 2.45) is 0 Å². The van der Waals surface area contributed by atoms with Crippen LogP contribution in [0.5, 0.6) is 0 Å². The van der Waals surface area contributed by atoms with Crippen molar-refractivity contribution >= 4 is 29.4 Å². The molecular weight excluding hydrogens is 564 g/mol. The van der Waals surface area contributed by atoms with E-state index in [1.165, 1.54) is 57.0 Å². The molecule has 0 aliphatic rings. The van der Waals surface area contributed by atoms with Crippen LogP contribution in [-0.4, -0.2) is 72.0 Å². The number of unbranched alkanes of at least 4 members (excludes halogenated alkanes) is 3. The predicted molar refractivity (Wildman–Crippen MR) is 164 cm³/mol. The lowest BCUT2D eigenvalue weighted by molar-refractivity contribution is 0.0443. The summed E-state index contributed by atoms with van der Waals surface area (Å²) in [6, 6.07) is 0. The second kappa shape index (κ2) is 24.1. The van der Waals surface area contributed by atoms with Gasteiger partial charge < -0.3 is 40.6 Å². The number of carbonyl (C=O) groups is 1. The number of hydrogen-bond donors (Lipinski definition) is 1. The van der Waals surface area contributed by atoms with Crippen LogP contribution in [0.3, 0.4) is 0 Å². The van der Waals surface area contributed by atoms with Gasteiger partial charge in [0.1, 0.15) is 5.67 Å². The fraction of sp³-hybridized carbons (Fsp3) is 0.963. The molecule has 242 valence electrons. The zero-order valence-corrected chi connectivity index (χ0v) is 28.4. The van der Waals surface area contributed by atoms with Crippen molar-refractivity contribution in [2.75, 3.05) is 38.3 Å². The predicted octanol–water partition coefficient (Wildman–Crippen LogP) is 9.31. The SMILES string of the molecule is CCCC[P+](CCCC)(CCCC)C(C)OC(=O)NC(CC)[Si](OCCC)(OCCC)OCCC.F[B-](F)(F)F. The average molecular weight is 624 g/mol. The highest BCUT2D eigenvalue weighted by Gasteiger charge is 2.51. The number of alkyl carbamates (subject to hydrolysis) is 1. The zero-order valence-electron chi connectivity index (χ0n) is 26.5. The average Bonchev–Trinajstić information content (AvgIpc) is 2.90. The zero-order chi connectivity index (χ0) is 31.1. The fourth-order valence-electron chi connectivity index (χ4n) is 4.34. The molecule has 0 saturated heterocycles. The van der Waals surface area contributed by atoms with Gasteiger partial charge in [0, 0.05) is 26.7 Å². The molecule has 2 atom stereocenters. The van der Waals surface area contributed by atoms with Crippen molar-refractivity contribution in [1.82, 2.24) is 5.32 Å². The Morgan fingerprint density at radius 3 is 1.35 bits per heavy atom. The van der Waals surface area contributed by atoms with E-state index < -0.39 is 23.3 Å². The van der Waals surface area contributed by atoms with Crippen LogP contribution in [0.2, 0.25) is 0 Å². The summed E-state index contributed by atoms with van der Waals surface area (Å²) in [5.74, 6) is -0.0367. The summed E-state index contributed by atoms with van der Waals surface area (Å²) in [5, 5.41) is 3.15. The maximum Gasteiger partial charge on any atom is 0.673 e. The van der Waals surface area contributed by atoms with Gasteiger partial charge in [-0.2, -0.15) is 0 Å². The Morgan fingerprint density at radius 2 is 1.07 bits per heavy atom. The Labute approximate surface area is 244 Å². The molecule has 0 aliphatic carbocycles. The molecule has 0 rings (SSSR count). The van der Waals surface area contributed by atoms with Gasteiger partial charge >= 0.3 is 22.2 Å². The largest absolute Gasteiger partial charge is 0.673 e. The van der Waals surface area contributed by atoms with Gasteiger partial charge in [-0.05, 0) is 44.9 Å². The first-order valence-electron chi connectivity index (χ1n) is 15.5. The fourth-order valence-corrected chi connectivity index (χ4v) is 12.4. The van der Waals surface area contributed by atoms with Crippen LogP contribution in [-0.2, 0) is 18.0 Å². The van der Waals surface area contributed by atoms with Crippen molar-refractivity contribution in [3.05, 3.63) is 0 Å². The molecule has 13 heteroatoms. The van der Waals surface area contributed by atoms with Gasteiger partial charge in [-0.25, -0.2) is 4.79 Å². The molecule has 0 aromatic rings. The molecule has 0 bridgehead atoms. The second-order valence-electron chi connectivity index (χ2n) is 10.2. The number of hydrogen-bond acceptors (Lipinski definition) is 5. The molecule has 40 heavy (non-hydrogen) atoms. The summed E-state index contributed by atoms with van der Waals surface area (Å²) in [6.07, 6.45) is 13.8. The summed E-state index contributed by atoms with van der Waals surface area (Å²) in [6.45, 7) is 18.9. The Bertz CT molecular complexity index is 576. The molecule has 0 aromatic carbocycles. The molecule has 0 spiro atoms. The van der Waals surface area contributed by atoms with Gasteiger partial charge in [-0.1, -0.05) is 67.7 Å². The molecule has 1 amide bonds. The van der Waals surface area contributed by atoms with E-state index >= 15 is 0 Å². The second-order valence-corrected chi connectivity index (χ2v) is 17.5. The first-order valence-corrected chi connectivity index (χ1v) is 19.7. The van der Waals surface area contributed by atoms with Gasteiger partial charge in [0.25, 0.3) is 0 Å². The van der Waals surface area contributed by atoms with E-state index in [4.69, 9.17) is 18.0 Å². The van der Waals surface area contributed by atoms with Crippen molar-refractivity contribution in [2.45, 2.75) is 131 Å². The maximum absolute atomic E-state index is 13.3. The van der Waals surface area contributed by atoms with Crippen LogP contribution in [0.1, 0.15) is 120 Å². The Hall–Kier alpha value is -0.418. The highest BCUT2D eigenvalue weighted by molar-refractivity contribution is 7.76. The summed E-state index contributed by atoms with van der Waals surface area (Å²) in [7, 11) is -10.5. The van der Waals surface area contributed by atoms with Gasteiger partial charge in [0.05, 0.1) is 25.7 Å². The number of halogens is 4. The van der Waals surface area contributed by atoms with Gasteiger partial charge in [0.15, 0.2) is 0 Å². The quantitative estimate of drug-likeness (QED) is 0.0698. The first-order chi connectivity index (χ1) is 18.8. The number of nitrogens with one attached hydrogen (secondary N) is 1. The summed E-state index contributed by atoms with van der Waals surface area (Å²) in [5.41, 5.74) is -0.318. The van der Waals surface area contributed by atoms with Gasteiger partial charge in [0.2, 0.25) is 5.85 Å². The van der Waals surface area contributed by atoms with Crippen molar-refractivity contribution < 1.29 is 40.1 Å². The van der Waals surface area contributed by atoms with Crippen LogP contribution in [0.15, 0.2) is 0 Å². The van der Waals surface area contributed by atoms with E-state index in [-0.39, 0.29) is 17.6 Å². The third-order valence-corrected chi connectivity index (χ3v) is 15.1. The minimum Gasteiger partial charge on any atom is -0.418 e. The van der Waals surface area contributed by atoms with Crippen LogP contribution < -0.4 is 5.32 Å². The van der Waals surface area contributed by atoms with Crippen LogP contribution >= 0.6 is 7.26 Å². The van der Waals surface area contributed by atoms with E-state index in [1.54, 1.807) is 0 Å². The molecular formula is C27H59BF4NO5PSi. The molecule has 0 radical (unpaired) electrons. The molecule has 1 N–H and O–H groups in total. The standard InChI is InChI=1S/C27H58NO5PSi.BF4/c1-9-16-22-34(23-17-10-2,24-18-11-3)25(8)33-27(29)28-26(15-7)35(30-19-12-4,31-20-13-5)32-21-14-6;2-1(3,4)5/h25-26H,9-24H2,1-8H3;/q;-1/p+1. The summed E-state index contributed by atoms with van der Waals surface area (Å²) in [4.78, 5) is 13.3. The van der Waals surface area contributed by atoms with Crippen molar-refractivity contribution in [3.8, 4) is 0 Å². The van der Waals surface area contributed by atoms with Crippen LogP contribution in [0.4, 0.5) is 22.1 Å². The van der Waals surface area contributed by atoms with Crippen LogP contribution in [0, 0.1) is 0 Å². The van der Waals surface area contributed by atoms with E-state index in [0.29, 0.717) is 26.2 Å². The summed E-state index contributed by atoms with van der Waals surface area (Å²) >= 11 is 0. The Morgan fingerprint density at radius 1 is 0.725 bits per heavy atom. The molecule has 0 heterocycles. The third kappa shape index (κ3) is 18.9. The Balaban J connectivity index is 0. The highest BCUT2D eigenvalue weighted by atomic mass is 31.2. The minimum absolute atomic E-state index is 0.0367. The van der Waals surface area contributed by atoms with Gasteiger partial charge in [-0.15, -0.1) is 0 Å². The third-order valence-electron chi connectivity index (χ3n) is 6.57. The lowest BCUT2D eigenvalue weighted by Gasteiger charge is -2.36. The molecule has 0 saturated carbocycles. The molecule has 6 nitrogen and oxygen atoms in total. The normalized spacial score (nSPS) is 13.8. The monoisotopic (exact) mass is 623 g/mol. The lowest BCUT2D eigenvalue weighted by Crippen LogP contribution is -2.63. The minimum atomic E-state index is -6.00. The van der Waals surface area contributed by atoms with Crippen molar-refractivity contribution in [1.29, 1.82) is 0 Å². The smallest absolute Gasteiger partial charge is 0.418 e. The maximum atomic E-state index is 13.3. The van der Waals surface area contributed by atoms with E-state index in [0.717, 1.165) is 19.3 Å². The molecule has 2 unspecified atom stereocenters. The molecule has 0 fully saturated rings. The number of ether oxygens (including phenoxy) is 1. The number of amides is 1. The van der Waals surface area contributed by atoms with Crippen molar-refractivity contribution in [3.63, 3.8) is 0 Å². The lowest BCUT2D eigenvalue weighted by atomic mass is 10.3. The van der Waals surface area contributed by atoms with Gasteiger partial charge in [-0.3, -0.25) is 0 Å². The number of carbonyl (C=O) groups excluding carboxylic acids is 1. The van der Waals surface area contributed by atoms with E-state index in [2.05, 4.69) is 60.7 Å². The van der Waals surface area contributed by atoms with E-state index in [1.807, 2.05) is 0 Å². The number of rotatable bonds is 23. The molecule has 0 aliphatic heterocycles. The van der Waals surface area contributed by atoms with Crippen LogP contribution in [0.25, 0.3) is 0 Å². The first kappa shape index (κ1) is 41.7. The molecule has 0 aromatic heterocycles. The Kier molecular flexibility index (Phi) is 25.1. The topological polar surface area (TPSA) is 66.0 Å². The summed E-state index contributed by atoms with van der Waals surface area (Å²) < 4.78 is 64.1. The van der Waals surface area contributed by atoms with E-state index in [9.17, 15) is 22.1 Å². The highest BCUT2D eigenvalue weighted by Crippen LogP contribution is 2.65.